The number of primary amides is 1. The van der Waals surface area contributed by atoms with E-state index in [0.717, 1.165) is 0 Å². The Hall–Kier alpha value is -2.62. The van der Waals surface area contributed by atoms with E-state index in [1.54, 1.807) is 6.92 Å². The maximum Gasteiger partial charge on any atom is 0.312 e. The van der Waals surface area contributed by atoms with E-state index in [1.165, 1.54) is 11.0 Å². The van der Waals surface area contributed by atoms with Gasteiger partial charge < -0.3 is 30.9 Å². The Morgan fingerprint density at radius 1 is 1.52 bits per heavy atom. The molecule has 0 spiro atoms. The Bertz CT molecular complexity index is 601. The average molecular weight is 325 g/mol. The topological polar surface area (TPSA) is 151 Å². The molecule has 0 aliphatic carbocycles. The standard InChI is InChI=1S/C13H19N5O5/c1-7-4-9(17-23-7)12(21)16-8-2-3-18(6-10(8)19)11(20)5-15-13(14)22/h4,8,10,19H,2-3,5-6H2,1H3,(H,16,21)(H3,14,15,22)/t8-,10-/m1/s1. The number of nitrogens with one attached hydrogen (secondary N) is 2. The molecular weight excluding hydrogens is 306 g/mol. The molecule has 0 unspecified atom stereocenters. The summed E-state index contributed by atoms with van der Waals surface area (Å²) < 4.78 is 4.83. The summed E-state index contributed by atoms with van der Waals surface area (Å²) in [5.41, 5.74) is 5.04. The van der Waals surface area contributed by atoms with Crippen LogP contribution in [0.1, 0.15) is 22.7 Å². The molecule has 1 saturated heterocycles. The van der Waals surface area contributed by atoms with Gasteiger partial charge in [0.25, 0.3) is 5.91 Å². The molecule has 1 fully saturated rings. The van der Waals surface area contributed by atoms with Crippen molar-refractivity contribution in [1.82, 2.24) is 20.7 Å². The number of carbonyl (C=O) groups is 3. The summed E-state index contributed by atoms with van der Waals surface area (Å²) in [5.74, 6) is -0.279. The number of nitrogens with zero attached hydrogens (tertiary/aromatic N) is 2. The zero-order valence-corrected chi connectivity index (χ0v) is 12.6. The molecule has 0 radical (unpaired) electrons. The van der Waals surface area contributed by atoms with Crippen molar-refractivity contribution in [3.8, 4) is 0 Å². The predicted molar refractivity (Wildman–Crippen MR) is 77.3 cm³/mol. The highest BCUT2D eigenvalue weighted by Gasteiger charge is 2.31. The highest BCUT2D eigenvalue weighted by molar-refractivity contribution is 5.92. The molecular formula is C13H19N5O5. The van der Waals surface area contributed by atoms with Crippen molar-refractivity contribution in [3.63, 3.8) is 0 Å². The van der Waals surface area contributed by atoms with E-state index in [4.69, 9.17) is 10.3 Å². The lowest BCUT2D eigenvalue weighted by Gasteiger charge is -2.36. The first-order valence-electron chi connectivity index (χ1n) is 7.10. The van der Waals surface area contributed by atoms with E-state index in [-0.39, 0.29) is 24.7 Å². The number of hydrogen-bond acceptors (Lipinski definition) is 6. The zero-order chi connectivity index (χ0) is 17.0. The van der Waals surface area contributed by atoms with Crippen LogP contribution in [0.25, 0.3) is 0 Å². The maximum atomic E-state index is 12.0. The van der Waals surface area contributed by atoms with E-state index in [0.29, 0.717) is 18.7 Å². The molecule has 10 heteroatoms. The Labute approximate surface area is 132 Å². The third-order valence-corrected chi connectivity index (χ3v) is 3.53. The summed E-state index contributed by atoms with van der Waals surface area (Å²) >= 11 is 0. The van der Waals surface area contributed by atoms with Crippen LogP contribution in [0, 0.1) is 6.92 Å². The first-order chi connectivity index (χ1) is 10.9. The van der Waals surface area contributed by atoms with Crippen LogP contribution in [-0.4, -0.2) is 64.8 Å². The second kappa shape index (κ2) is 7.09. The van der Waals surface area contributed by atoms with Crippen LogP contribution >= 0.6 is 0 Å². The second-order valence-electron chi connectivity index (χ2n) is 5.32. The Kier molecular flexibility index (Phi) is 5.16. The molecule has 5 N–H and O–H groups in total. The summed E-state index contributed by atoms with van der Waals surface area (Å²) in [6.07, 6.45) is -0.537. The molecule has 0 aromatic carbocycles. The molecule has 10 nitrogen and oxygen atoms in total. The predicted octanol–water partition coefficient (Wildman–Crippen LogP) is -1.66. The highest BCUT2D eigenvalue weighted by atomic mass is 16.5. The van der Waals surface area contributed by atoms with Crippen molar-refractivity contribution in [2.24, 2.45) is 5.73 Å². The normalized spacial score (nSPS) is 20.9. The number of amides is 4. The van der Waals surface area contributed by atoms with Gasteiger partial charge in [0.2, 0.25) is 5.91 Å². The van der Waals surface area contributed by atoms with Crippen LogP contribution in [0.2, 0.25) is 0 Å². The molecule has 2 rings (SSSR count). The van der Waals surface area contributed by atoms with Crippen LogP contribution in [0.5, 0.6) is 0 Å². The minimum atomic E-state index is -0.918. The van der Waals surface area contributed by atoms with E-state index >= 15 is 0 Å². The smallest absolute Gasteiger partial charge is 0.312 e. The van der Waals surface area contributed by atoms with Gasteiger partial charge in [-0.3, -0.25) is 9.59 Å². The number of likely N-dealkylation sites (tertiary alicyclic amines) is 1. The minimum Gasteiger partial charge on any atom is -0.389 e. The fourth-order valence-corrected chi connectivity index (χ4v) is 2.32. The van der Waals surface area contributed by atoms with E-state index in [2.05, 4.69) is 15.8 Å². The summed E-state index contributed by atoms with van der Waals surface area (Å²) in [6, 6.07) is 0.215. The Morgan fingerprint density at radius 2 is 2.26 bits per heavy atom. The van der Waals surface area contributed by atoms with Crippen LogP contribution < -0.4 is 16.4 Å². The average Bonchev–Trinajstić information content (AvgIpc) is 2.93. The molecule has 1 aliphatic heterocycles. The molecule has 1 aromatic rings. The number of urea groups is 1. The SMILES string of the molecule is Cc1cc(C(=O)N[C@@H]2CCN(C(=O)CNC(N)=O)C[C@H]2O)no1. The summed E-state index contributed by atoms with van der Waals surface area (Å²) in [7, 11) is 0. The molecule has 4 amide bonds. The van der Waals surface area contributed by atoms with Crippen molar-refractivity contribution < 1.29 is 24.0 Å². The molecule has 2 heterocycles. The van der Waals surface area contributed by atoms with Gasteiger partial charge in [-0.25, -0.2) is 4.79 Å². The van der Waals surface area contributed by atoms with Crippen molar-refractivity contribution in [2.75, 3.05) is 19.6 Å². The van der Waals surface area contributed by atoms with Crippen LogP contribution in [0.15, 0.2) is 10.6 Å². The van der Waals surface area contributed by atoms with E-state index < -0.39 is 24.1 Å². The number of piperidine rings is 1. The zero-order valence-electron chi connectivity index (χ0n) is 12.6. The van der Waals surface area contributed by atoms with Gasteiger partial charge in [0.1, 0.15) is 5.76 Å². The first kappa shape index (κ1) is 16.7. The number of rotatable bonds is 4. The molecule has 0 saturated carbocycles. The number of aliphatic hydroxyl groups excluding tert-OH is 1. The fourth-order valence-electron chi connectivity index (χ4n) is 2.32. The largest absolute Gasteiger partial charge is 0.389 e. The van der Waals surface area contributed by atoms with Crippen molar-refractivity contribution in [2.45, 2.75) is 25.5 Å². The third-order valence-electron chi connectivity index (χ3n) is 3.53. The van der Waals surface area contributed by atoms with Gasteiger partial charge in [-0.1, -0.05) is 5.16 Å². The molecule has 2 atom stereocenters. The van der Waals surface area contributed by atoms with Gasteiger partial charge >= 0.3 is 6.03 Å². The van der Waals surface area contributed by atoms with Crippen LogP contribution in [-0.2, 0) is 4.79 Å². The van der Waals surface area contributed by atoms with Gasteiger partial charge in [-0.15, -0.1) is 0 Å². The summed E-state index contributed by atoms with van der Waals surface area (Å²) in [6.45, 7) is 1.85. The number of carbonyl (C=O) groups excluding carboxylic acids is 3. The number of aliphatic hydroxyl groups is 1. The molecule has 1 aromatic heterocycles. The second-order valence-corrected chi connectivity index (χ2v) is 5.32. The van der Waals surface area contributed by atoms with E-state index in [1.807, 2.05) is 0 Å². The number of β-amino-alcohol motifs (C(OH)–C–C–N with tert-alkyl or cyclic N) is 1. The van der Waals surface area contributed by atoms with Crippen molar-refractivity contribution >= 4 is 17.8 Å². The summed E-state index contributed by atoms with van der Waals surface area (Å²) in [4.78, 5) is 35.8. The molecule has 126 valence electrons. The fraction of sp³-hybridized carbons (Fsp3) is 0.538. The minimum absolute atomic E-state index is 0.0576. The molecule has 23 heavy (non-hydrogen) atoms. The van der Waals surface area contributed by atoms with E-state index in [9.17, 15) is 19.5 Å². The Balaban J connectivity index is 1.85. The number of hydrogen-bond donors (Lipinski definition) is 4. The lowest BCUT2D eigenvalue weighted by molar-refractivity contribution is -0.133. The third kappa shape index (κ3) is 4.42. The lowest BCUT2D eigenvalue weighted by Crippen LogP contribution is -2.56. The molecule has 0 bridgehead atoms. The summed E-state index contributed by atoms with van der Waals surface area (Å²) in [5, 5.41) is 18.6. The monoisotopic (exact) mass is 325 g/mol. The lowest BCUT2D eigenvalue weighted by atomic mass is 10.0. The Morgan fingerprint density at radius 3 is 2.83 bits per heavy atom. The van der Waals surface area contributed by atoms with Gasteiger partial charge in [0.05, 0.1) is 18.7 Å². The van der Waals surface area contributed by atoms with Gasteiger partial charge in [0, 0.05) is 19.2 Å². The van der Waals surface area contributed by atoms with Crippen molar-refractivity contribution in [3.05, 3.63) is 17.5 Å². The number of aryl methyl sites for hydroxylation is 1. The van der Waals surface area contributed by atoms with Gasteiger partial charge in [0.15, 0.2) is 5.69 Å². The number of nitrogens with two attached hydrogens (primary N) is 1. The highest BCUT2D eigenvalue weighted by Crippen LogP contribution is 2.12. The first-order valence-corrected chi connectivity index (χ1v) is 7.10. The van der Waals surface area contributed by atoms with Crippen LogP contribution in [0.4, 0.5) is 4.79 Å². The molecule has 1 aliphatic rings. The van der Waals surface area contributed by atoms with Crippen LogP contribution in [0.3, 0.4) is 0 Å². The quantitative estimate of drug-likeness (QED) is 0.520. The number of aromatic nitrogens is 1. The van der Waals surface area contributed by atoms with Gasteiger partial charge in [-0.2, -0.15) is 0 Å². The van der Waals surface area contributed by atoms with Crippen molar-refractivity contribution in [1.29, 1.82) is 0 Å². The van der Waals surface area contributed by atoms with Gasteiger partial charge in [-0.05, 0) is 13.3 Å². The maximum absolute atomic E-state index is 12.0.